The molecule has 0 aliphatic rings. The fourth-order valence-electron chi connectivity index (χ4n) is 6.75. The molecule has 7 aromatic carbocycles. The van der Waals surface area contributed by atoms with E-state index in [1.165, 1.54) is 18.2 Å². The lowest BCUT2D eigenvalue weighted by Crippen LogP contribution is -2.17. The van der Waals surface area contributed by atoms with Crippen molar-refractivity contribution in [2.75, 3.05) is 20.5 Å². The van der Waals surface area contributed by atoms with E-state index in [0.717, 1.165) is 27.8 Å². The van der Waals surface area contributed by atoms with Gasteiger partial charge in [-0.25, -0.2) is 9.59 Å². The van der Waals surface area contributed by atoms with Gasteiger partial charge in [0.2, 0.25) is 5.78 Å². The molecule has 10 heteroatoms. The first-order valence-corrected chi connectivity index (χ1v) is 20.9. The highest BCUT2D eigenvalue weighted by atomic mass is 16.7. The second-order valence-electron chi connectivity index (χ2n) is 14.7. The monoisotopic (exact) mass is 856 g/mol. The summed E-state index contributed by atoms with van der Waals surface area (Å²) in [6.07, 6.45) is 1.21. The fraction of sp³-hybridized carbons (Fsp3) is 0.167. The molecule has 0 spiro atoms. The number of benzene rings is 7. The molecule has 7 rings (SSSR count). The van der Waals surface area contributed by atoms with Crippen LogP contribution in [0.25, 0.3) is 0 Å². The Hall–Kier alpha value is -7.69. The van der Waals surface area contributed by atoms with Gasteiger partial charge in [0.05, 0.1) is 23.3 Å². The minimum Gasteiger partial charge on any atom is -0.488 e. The molecule has 0 aromatic heterocycles. The predicted octanol–water partition coefficient (Wildman–Crippen LogP) is 10.8. The molecule has 0 aliphatic heterocycles. The van der Waals surface area contributed by atoms with Crippen LogP contribution in [0.4, 0.5) is 0 Å². The number of esters is 2. The smallest absolute Gasteiger partial charge is 0.339 e. The van der Waals surface area contributed by atoms with Gasteiger partial charge < -0.3 is 33.2 Å². The van der Waals surface area contributed by atoms with E-state index >= 15 is 4.79 Å². The number of methoxy groups -OCH3 is 1. The van der Waals surface area contributed by atoms with E-state index in [2.05, 4.69) is 0 Å². The molecule has 0 bridgehead atoms. The number of carbonyl (C=O) groups is 3. The second-order valence-corrected chi connectivity index (χ2v) is 14.7. The van der Waals surface area contributed by atoms with Crippen LogP contribution in [0.5, 0.6) is 23.0 Å². The van der Waals surface area contributed by atoms with Gasteiger partial charge in [0.15, 0.2) is 6.79 Å². The van der Waals surface area contributed by atoms with Gasteiger partial charge in [0, 0.05) is 7.11 Å². The molecule has 0 atom stereocenters. The Kier molecular flexibility index (Phi) is 15.9. The maximum atomic E-state index is 15.5. The normalized spacial score (nSPS) is 10.7. The molecule has 324 valence electrons. The van der Waals surface area contributed by atoms with Gasteiger partial charge in [-0.15, -0.1) is 0 Å². The first-order chi connectivity index (χ1) is 31.4. The summed E-state index contributed by atoms with van der Waals surface area (Å²) in [6, 6.07) is 53.0. The minimum atomic E-state index is -0.730. The van der Waals surface area contributed by atoms with Crippen molar-refractivity contribution in [3.8, 4) is 23.0 Å². The Balaban J connectivity index is 1.25. The molecule has 0 amide bonds. The Bertz CT molecular complexity index is 2520. The predicted molar refractivity (Wildman–Crippen MR) is 242 cm³/mol. The van der Waals surface area contributed by atoms with Gasteiger partial charge in [0.25, 0.3) is 0 Å². The Morgan fingerprint density at radius 1 is 0.438 bits per heavy atom. The van der Waals surface area contributed by atoms with Crippen LogP contribution in [0.3, 0.4) is 0 Å². The van der Waals surface area contributed by atoms with E-state index in [1.54, 1.807) is 19.2 Å². The lowest BCUT2D eigenvalue weighted by molar-refractivity contribution is 0.0467. The van der Waals surface area contributed by atoms with Crippen molar-refractivity contribution in [2.45, 2.75) is 39.3 Å². The summed E-state index contributed by atoms with van der Waals surface area (Å²) in [4.78, 5) is 43.4. The number of aryl methyl sites for hydroxylation is 1. The fourth-order valence-corrected chi connectivity index (χ4v) is 6.75. The van der Waals surface area contributed by atoms with Crippen LogP contribution in [0.1, 0.15) is 70.9 Å². The van der Waals surface area contributed by atoms with Gasteiger partial charge in [-0.2, -0.15) is 0 Å². The van der Waals surface area contributed by atoms with Crippen LogP contribution < -0.4 is 18.9 Å². The van der Waals surface area contributed by atoms with Gasteiger partial charge >= 0.3 is 11.9 Å². The van der Waals surface area contributed by atoms with E-state index in [9.17, 15) is 9.59 Å². The molecular formula is C54H48O10. The number of hydrogen-bond acceptors (Lipinski definition) is 10. The molecule has 0 saturated carbocycles. The zero-order valence-corrected chi connectivity index (χ0v) is 35.5. The SMILES string of the molecule is COCOc1ccc(CCCOC(=O)c2cc(OCc3ccccc3)c(C(=O)c3c(OCc4ccccc4)cccc3C(=O)OCc3ccccc3)c(OCc3ccccc3)c2)cc1. The third-order valence-electron chi connectivity index (χ3n) is 10.0. The molecular weight excluding hydrogens is 809 g/mol. The van der Waals surface area contributed by atoms with Crippen LogP contribution in [0.15, 0.2) is 176 Å². The number of carbonyl (C=O) groups excluding carboxylic acids is 3. The molecule has 0 N–H and O–H groups in total. The zero-order chi connectivity index (χ0) is 44.4. The first kappa shape index (κ1) is 44.4. The average Bonchev–Trinajstić information content (AvgIpc) is 3.35. The molecule has 0 radical (unpaired) electrons. The molecule has 0 aliphatic carbocycles. The molecule has 7 aromatic rings. The number of ether oxygens (including phenoxy) is 7. The Morgan fingerprint density at radius 2 is 0.938 bits per heavy atom. The van der Waals surface area contributed by atoms with E-state index in [4.69, 9.17) is 33.2 Å². The molecule has 0 heterocycles. The first-order valence-electron chi connectivity index (χ1n) is 20.9. The number of rotatable bonds is 22. The van der Waals surface area contributed by atoms with Crippen LogP contribution in [-0.4, -0.2) is 38.2 Å². The Labute approximate surface area is 372 Å². The summed E-state index contributed by atoms with van der Waals surface area (Å²) in [7, 11) is 1.56. The summed E-state index contributed by atoms with van der Waals surface area (Å²) in [6.45, 7) is 0.464. The number of ketones is 1. The third kappa shape index (κ3) is 12.5. The lowest BCUT2D eigenvalue weighted by atomic mass is 9.94. The Morgan fingerprint density at radius 3 is 1.45 bits per heavy atom. The van der Waals surface area contributed by atoms with Gasteiger partial charge in [0.1, 0.15) is 55.0 Å². The van der Waals surface area contributed by atoms with Crippen molar-refractivity contribution >= 4 is 17.7 Å². The van der Waals surface area contributed by atoms with Crippen molar-refractivity contribution in [3.63, 3.8) is 0 Å². The largest absolute Gasteiger partial charge is 0.488 e. The quantitative estimate of drug-likeness (QED) is 0.0282. The van der Waals surface area contributed by atoms with Gasteiger partial charge in [-0.05, 0) is 77.1 Å². The summed E-state index contributed by atoms with van der Waals surface area (Å²) < 4.78 is 41.3. The average molecular weight is 857 g/mol. The second kappa shape index (κ2) is 23.0. The van der Waals surface area contributed by atoms with Crippen LogP contribution in [0.2, 0.25) is 0 Å². The van der Waals surface area contributed by atoms with E-state index < -0.39 is 17.7 Å². The van der Waals surface area contributed by atoms with Crippen molar-refractivity contribution in [1.29, 1.82) is 0 Å². The van der Waals surface area contributed by atoms with Crippen LogP contribution in [0, 0.1) is 0 Å². The van der Waals surface area contributed by atoms with Crippen LogP contribution in [-0.2, 0) is 47.1 Å². The zero-order valence-electron chi connectivity index (χ0n) is 35.5. The molecule has 64 heavy (non-hydrogen) atoms. The molecule has 0 saturated heterocycles. The topological polar surface area (TPSA) is 116 Å². The third-order valence-corrected chi connectivity index (χ3v) is 10.0. The van der Waals surface area contributed by atoms with Crippen LogP contribution >= 0.6 is 0 Å². The number of hydrogen-bond donors (Lipinski definition) is 0. The van der Waals surface area contributed by atoms with Crippen molar-refractivity contribution in [1.82, 2.24) is 0 Å². The van der Waals surface area contributed by atoms with Gasteiger partial charge in [-0.1, -0.05) is 140 Å². The summed E-state index contributed by atoms with van der Waals surface area (Å²) in [5, 5.41) is 0. The summed E-state index contributed by atoms with van der Waals surface area (Å²) >= 11 is 0. The standard InChI is InChI=1S/C54H48O10/c1-58-38-64-45-29-27-39(28-30-45)24-15-31-59-53(56)44-32-48(61-35-41-18-8-3-9-19-41)51(49(33-44)62-36-42-20-10-4-11-21-42)52(55)50-46(54(57)63-37-43-22-12-5-13-23-43)25-14-26-47(50)60-34-40-16-6-2-7-17-40/h2-14,16-23,25-30,32-33H,15,24,31,34-38H2,1H3. The van der Waals surface area contributed by atoms with E-state index in [1.807, 2.05) is 146 Å². The molecule has 10 nitrogen and oxygen atoms in total. The minimum absolute atomic E-state index is 0.0184. The van der Waals surface area contributed by atoms with E-state index in [-0.39, 0.29) is 79.3 Å². The molecule has 0 fully saturated rings. The van der Waals surface area contributed by atoms with Crippen molar-refractivity contribution in [3.05, 3.63) is 226 Å². The highest BCUT2D eigenvalue weighted by molar-refractivity contribution is 6.19. The van der Waals surface area contributed by atoms with Crippen molar-refractivity contribution < 1.29 is 47.5 Å². The summed E-state index contributed by atoms with van der Waals surface area (Å²) in [5.74, 6) is -1.07. The lowest BCUT2D eigenvalue weighted by Gasteiger charge is -2.20. The maximum Gasteiger partial charge on any atom is 0.339 e. The highest BCUT2D eigenvalue weighted by Gasteiger charge is 2.31. The van der Waals surface area contributed by atoms with E-state index in [0.29, 0.717) is 18.6 Å². The maximum absolute atomic E-state index is 15.5. The van der Waals surface area contributed by atoms with Gasteiger partial charge in [-0.3, -0.25) is 4.79 Å². The molecule has 0 unspecified atom stereocenters. The van der Waals surface area contributed by atoms with Crippen molar-refractivity contribution in [2.24, 2.45) is 0 Å². The summed E-state index contributed by atoms with van der Waals surface area (Å²) in [5.41, 5.74) is 4.32. The highest BCUT2D eigenvalue weighted by Crippen LogP contribution is 2.38.